The molecule has 1 atom stereocenters. The number of piperidine rings is 1. The third-order valence-corrected chi connectivity index (χ3v) is 7.13. The lowest BCUT2D eigenvalue weighted by molar-refractivity contribution is -0.162. The van der Waals surface area contributed by atoms with Gasteiger partial charge in [-0.05, 0) is 76.3 Å². The molecule has 7 heteroatoms. The summed E-state index contributed by atoms with van der Waals surface area (Å²) < 4.78 is 11.4. The Balaban J connectivity index is 1.47. The average Bonchev–Trinajstić information content (AvgIpc) is 3.21. The maximum atomic E-state index is 13.2. The second kappa shape index (κ2) is 9.23. The summed E-state index contributed by atoms with van der Waals surface area (Å²) in [5.41, 5.74) is 2.06. The van der Waals surface area contributed by atoms with Crippen molar-refractivity contribution < 1.29 is 19.1 Å². The summed E-state index contributed by atoms with van der Waals surface area (Å²) in [6, 6.07) is 1.92. The Morgan fingerprint density at radius 1 is 1.27 bits per heavy atom. The van der Waals surface area contributed by atoms with E-state index in [0.717, 1.165) is 56.4 Å². The van der Waals surface area contributed by atoms with Crippen molar-refractivity contribution in [3.8, 4) is 0 Å². The lowest BCUT2D eigenvalue weighted by atomic mass is 9.73. The second-order valence-electron chi connectivity index (χ2n) is 8.77. The number of rotatable bonds is 5. The van der Waals surface area contributed by atoms with E-state index in [1.165, 1.54) is 0 Å². The highest BCUT2D eigenvalue weighted by Crippen LogP contribution is 2.40. The third kappa shape index (κ3) is 4.35. The lowest BCUT2D eigenvalue weighted by Gasteiger charge is -2.42. The van der Waals surface area contributed by atoms with Crippen molar-refractivity contribution in [1.29, 1.82) is 0 Å². The largest absolute Gasteiger partial charge is 0.466 e. The fraction of sp³-hybridized carbons (Fsp3) is 0.696. The summed E-state index contributed by atoms with van der Waals surface area (Å²) in [4.78, 5) is 32.4. The summed E-state index contributed by atoms with van der Waals surface area (Å²) in [6.45, 7) is 3.99. The first-order chi connectivity index (χ1) is 14.5. The molecule has 2 fully saturated rings. The van der Waals surface area contributed by atoms with Crippen molar-refractivity contribution in [1.82, 2.24) is 9.88 Å². The van der Waals surface area contributed by atoms with Gasteiger partial charge in [-0.25, -0.2) is 4.98 Å². The van der Waals surface area contributed by atoms with Gasteiger partial charge < -0.3 is 14.4 Å². The molecule has 0 unspecified atom stereocenters. The summed E-state index contributed by atoms with van der Waals surface area (Å²) >= 11 is 6.35. The van der Waals surface area contributed by atoms with E-state index in [4.69, 9.17) is 21.1 Å². The van der Waals surface area contributed by atoms with Crippen molar-refractivity contribution in [2.24, 2.45) is 5.41 Å². The maximum absolute atomic E-state index is 13.2. The summed E-state index contributed by atoms with van der Waals surface area (Å²) in [7, 11) is 0. The van der Waals surface area contributed by atoms with Crippen LogP contribution < -0.4 is 0 Å². The van der Waals surface area contributed by atoms with E-state index < -0.39 is 5.41 Å². The fourth-order valence-corrected chi connectivity index (χ4v) is 5.32. The Hall–Kier alpha value is -1.66. The smallest absolute Gasteiger partial charge is 0.312 e. The van der Waals surface area contributed by atoms with Gasteiger partial charge in [0.2, 0.25) is 0 Å². The van der Waals surface area contributed by atoms with Gasteiger partial charge in [-0.1, -0.05) is 11.6 Å². The number of amides is 1. The molecule has 4 rings (SSSR count). The number of fused-ring (bicyclic) bond motifs is 1. The highest BCUT2D eigenvalue weighted by atomic mass is 35.5. The first kappa shape index (κ1) is 21.6. The summed E-state index contributed by atoms with van der Waals surface area (Å²) in [6.07, 6.45) is 8.10. The van der Waals surface area contributed by atoms with Crippen LogP contribution in [0.15, 0.2) is 6.07 Å². The fourth-order valence-electron chi connectivity index (χ4n) is 5.08. The number of nitrogens with zero attached hydrogens (tertiary/aromatic N) is 2. The van der Waals surface area contributed by atoms with Crippen LogP contribution in [0.2, 0.25) is 5.15 Å². The standard InChI is InChI=1S/C23H31ClN2O4/c1-2-29-22(28)23(15-17-7-3-4-13-30-17)9-11-26(12-10-23)21(27)18-14-16-6-5-8-19(16)25-20(18)24/h14,17H,2-13,15H2,1H3/t17-/m0/s1. The molecule has 1 amide bonds. The number of aryl methyl sites for hydroxylation is 2. The van der Waals surface area contributed by atoms with Crippen LogP contribution in [-0.2, 0) is 27.1 Å². The van der Waals surface area contributed by atoms with Gasteiger partial charge in [0, 0.05) is 25.4 Å². The van der Waals surface area contributed by atoms with Gasteiger partial charge >= 0.3 is 5.97 Å². The first-order valence-electron chi connectivity index (χ1n) is 11.3. The van der Waals surface area contributed by atoms with Crippen molar-refractivity contribution in [2.45, 2.75) is 70.8 Å². The molecule has 6 nitrogen and oxygen atoms in total. The van der Waals surface area contributed by atoms with E-state index >= 15 is 0 Å². The molecule has 0 saturated carbocycles. The molecule has 0 spiro atoms. The SMILES string of the molecule is CCOC(=O)C1(C[C@@H]2CCCCO2)CCN(C(=O)c2cc3c(nc2Cl)CCC3)CC1. The van der Waals surface area contributed by atoms with Crippen LogP contribution in [0.25, 0.3) is 0 Å². The number of carbonyl (C=O) groups excluding carboxylic acids is 2. The lowest BCUT2D eigenvalue weighted by Crippen LogP contribution is -2.49. The highest BCUT2D eigenvalue weighted by molar-refractivity contribution is 6.32. The van der Waals surface area contributed by atoms with Crippen molar-refractivity contribution >= 4 is 23.5 Å². The maximum Gasteiger partial charge on any atom is 0.312 e. The predicted molar refractivity (Wildman–Crippen MR) is 114 cm³/mol. The van der Waals surface area contributed by atoms with Gasteiger partial charge in [0.15, 0.2) is 0 Å². The van der Waals surface area contributed by atoms with Gasteiger partial charge in [-0.2, -0.15) is 0 Å². The van der Waals surface area contributed by atoms with Crippen molar-refractivity contribution in [3.05, 3.63) is 28.0 Å². The Morgan fingerprint density at radius 2 is 2.07 bits per heavy atom. The number of pyridine rings is 1. The minimum absolute atomic E-state index is 0.0893. The monoisotopic (exact) mass is 434 g/mol. The molecule has 0 aromatic carbocycles. The van der Waals surface area contributed by atoms with Crippen LogP contribution in [0.3, 0.4) is 0 Å². The summed E-state index contributed by atoms with van der Waals surface area (Å²) in [5.74, 6) is -0.239. The number of ether oxygens (including phenoxy) is 2. The van der Waals surface area contributed by atoms with Crippen LogP contribution in [-0.4, -0.2) is 54.2 Å². The Morgan fingerprint density at radius 3 is 2.77 bits per heavy atom. The molecule has 0 N–H and O–H groups in total. The summed E-state index contributed by atoms with van der Waals surface area (Å²) in [5, 5.41) is 0.290. The third-order valence-electron chi connectivity index (χ3n) is 6.84. The molecule has 30 heavy (non-hydrogen) atoms. The molecule has 3 aliphatic rings. The Bertz CT molecular complexity index is 799. The number of aromatic nitrogens is 1. The predicted octanol–water partition coefficient (Wildman–Crippen LogP) is 3.97. The molecule has 2 saturated heterocycles. The van der Waals surface area contributed by atoms with Crippen LogP contribution in [0.4, 0.5) is 0 Å². The van der Waals surface area contributed by atoms with Crippen LogP contribution in [0, 0.1) is 5.41 Å². The van der Waals surface area contributed by atoms with Gasteiger partial charge in [0.1, 0.15) is 5.15 Å². The highest BCUT2D eigenvalue weighted by Gasteiger charge is 2.45. The van der Waals surface area contributed by atoms with E-state index in [2.05, 4.69) is 4.98 Å². The molecule has 0 radical (unpaired) electrons. The van der Waals surface area contributed by atoms with Gasteiger partial charge in [0.25, 0.3) is 5.91 Å². The molecule has 3 heterocycles. The molecule has 1 aromatic rings. The van der Waals surface area contributed by atoms with Crippen LogP contribution in [0.5, 0.6) is 0 Å². The van der Waals surface area contributed by atoms with Crippen LogP contribution >= 0.6 is 11.6 Å². The van der Waals surface area contributed by atoms with Gasteiger partial charge in [-0.15, -0.1) is 0 Å². The number of hydrogen-bond acceptors (Lipinski definition) is 5. The number of esters is 1. The number of halogens is 1. The van der Waals surface area contributed by atoms with E-state index in [1.807, 2.05) is 17.9 Å². The zero-order chi connectivity index (χ0) is 21.1. The molecule has 2 aliphatic heterocycles. The van der Waals surface area contributed by atoms with Gasteiger partial charge in [-0.3, -0.25) is 9.59 Å². The normalized spacial score (nSPS) is 23.1. The van der Waals surface area contributed by atoms with E-state index in [1.54, 1.807) is 0 Å². The zero-order valence-corrected chi connectivity index (χ0v) is 18.5. The molecular formula is C23H31ClN2O4. The minimum atomic E-state index is -0.575. The minimum Gasteiger partial charge on any atom is -0.466 e. The first-order valence-corrected chi connectivity index (χ1v) is 11.7. The van der Waals surface area contributed by atoms with Crippen LogP contribution in [0.1, 0.15) is 73.5 Å². The Labute approximate surface area is 183 Å². The molecule has 164 valence electrons. The Kier molecular flexibility index (Phi) is 6.63. The van der Waals surface area contributed by atoms with Crippen molar-refractivity contribution in [2.75, 3.05) is 26.3 Å². The van der Waals surface area contributed by atoms with Crippen molar-refractivity contribution in [3.63, 3.8) is 0 Å². The molecule has 1 aromatic heterocycles. The van der Waals surface area contributed by atoms with E-state index in [9.17, 15) is 9.59 Å². The number of hydrogen-bond donors (Lipinski definition) is 0. The van der Waals surface area contributed by atoms with E-state index in [-0.39, 0.29) is 18.0 Å². The quantitative estimate of drug-likeness (QED) is 0.518. The number of likely N-dealkylation sites (tertiary alicyclic amines) is 1. The van der Waals surface area contributed by atoms with E-state index in [0.29, 0.717) is 49.7 Å². The number of carbonyl (C=O) groups is 2. The average molecular weight is 435 g/mol. The van der Waals surface area contributed by atoms with Gasteiger partial charge in [0.05, 0.1) is 23.7 Å². The molecular weight excluding hydrogens is 404 g/mol. The second-order valence-corrected chi connectivity index (χ2v) is 9.13. The topological polar surface area (TPSA) is 68.7 Å². The molecule has 1 aliphatic carbocycles. The zero-order valence-electron chi connectivity index (χ0n) is 17.8. The molecule has 0 bridgehead atoms.